The average Bonchev–Trinajstić information content (AvgIpc) is 2.68. The van der Waals surface area contributed by atoms with E-state index >= 15 is 0 Å². The Morgan fingerprint density at radius 3 is 2.38 bits per heavy atom. The van der Waals surface area contributed by atoms with Crippen LogP contribution in [0.1, 0.15) is 36.8 Å². The highest BCUT2D eigenvalue weighted by Crippen LogP contribution is 2.46. The van der Waals surface area contributed by atoms with Crippen molar-refractivity contribution in [2.75, 3.05) is 0 Å². The zero-order valence-corrected chi connectivity index (χ0v) is 10.0. The van der Waals surface area contributed by atoms with Crippen LogP contribution in [-0.4, -0.2) is 10.2 Å². The van der Waals surface area contributed by atoms with Crippen molar-refractivity contribution in [1.29, 1.82) is 0 Å². The summed E-state index contributed by atoms with van der Waals surface area (Å²) in [5.74, 6) is -0.140. The van der Waals surface area contributed by atoms with E-state index in [4.69, 9.17) is 17.3 Å². The van der Waals surface area contributed by atoms with Gasteiger partial charge in [-0.15, -0.1) is 0 Å². The summed E-state index contributed by atoms with van der Waals surface area (Å²) >= 11 is 5.87. The third-order valence-corrected chi connectivity index (χ3v) is 3.80. The van der Waals surface area contributed by atoms with E-state index in [9.17, 15) is 10.2 Å². The van der Waals surface area contributed by atoms with E-state index in [0.717, 1.165) is 25.7 Å². The minimum Gasteiger partial charge on any atom is -0.506 e. The Morgan fingerprint density at radius 2 is 1.81 bits per heavy atom. The molecule has 1 saturated carbocycles. The lowest BCUT2D eigenvalue weighted by molar-refractivity contribution is 0.402. The van der Waals surface area contributed by atoms with Crippen molar-refractivity contribution in [3.63, 3.8) is 0 Å². The molecule has 0 radical (unpaired) electrons. The molecule has 3 nitrogen and oxygen atoms in total. The van der Waals surface area contributed by atoms with Gasteiger partial charge in [0.2, 0.25) is 0 Å². The molecule has 0 aromatic heterocycles. The Hall–Kier alpha value is -0.930. The van der Waals surface area contributed by atoms with Crippen LogP contribution >= 0.6 is 11.6 Å². The quantitative estimate of drug-likeness (QED) is 0.708. The van der Waals surface area contributed by atoms with Crippen molar-refractivity contribution in [3.05, 3.63) is 22.2 Å². The van der Waals surface area contributed by atoms with Crippen LogP contribution in [0.5, 0.6) is 11.5 Å². The zero-order valence-electron chi connectivity index (χ0n) is 9.26. The van der Waals surface area contributed by atoms with Gasteiger partial charge in [-0.25, -0.2) is 0 Å². The fourth-order valence-corrected chi connectivity index (χ4v) is 2.66. The van der Waals surface area contributed by atoms with Crippen LogP contribution in [0.4, 0.5) is 0 Å². The van der Waals surface area contributed by atoms with E-state index in [1.54, 1.807) is 13.0 Å². The van der Waals surface area contributed by atoms with Crippen LogP contribution in [0, 0.1) is 6.92 Å². The predicted molar refractivity (Wildman–Crippen MR) is 63.9 cm³/mol. The largest absolute Gasteiger partial charge is 0.506 e. The van der Waals surface area contributed by atoms with Gasteiger partial charge in [0.05, 0.1) is 0 Å². The molecule has 1 aliphatic carbocycles. The summed E-state index contributed by atoms with van der Waals surface area (Å²) in [6, 6.07) is 1.74. The molecule has 0 saturated heterocycles. The van der Waals surface area contributed by atoms with Crippen LogP contribution in [0.25, 0.3) is 0 Å². The molecule has 88 valence electrons. The number of phenols is 2. The topological polar surface area (TPSA) is 66.5 Å². The Bertz CT molecular complexity index is 426. The van der Waals surface area contributed by atoms with Gasteiger partial charge in [-0.1, -0.05) is 24.4 Å². The molecule has 2 rings (SSSR count). The van der Waals surface area contributed by atoms with E-state index in [0.29, 0.717) is 11.1 Å². The van der Waals surface area contributed by atoms with Gasteiger partial charge in [-0.2, -0.15) is 0 Å². The number of halogens is 1. The van der Waals surface area contributed by atoms with Gasteiger partial charge in [-0.3, -0.25) is 0 Å². The minimum atomic E-state index is -0.494. The molecule has 0 atom stereocenters. The molecule has 0 heterocycles. The van der Waals surface area contributed by atoms with Crippen LogP contribution in [0.2, 0.25) is 5.02 Å². The number of phenolic OH excluding ortho intramolecular Hbond substituents is 2. The summed E-state index contributed by atoms with van der Waals surface area (Å²) in [5.41, 5.74) is 7.08. The average molecular weight is 242 g/mol. The van der Waals surface area contributed by atoms with Gasteiger partial charge in [0.1, 0.15) is 16.5 Å². The minimum absolute atomic E-state index is 0.00623. The molecule has 16 heavy (non-hydrogen) atoms. The lowest BCUT2D eigenvalue weighted by Crippen LogP contribution is -2.33. The highest BCUT2D eigenvalue weighted by Gasteiger charge is 2.35. The monoisotopic (exact) mass is 241 g/mol. The van der Waals surface area contributed by atoms with Crippen LogP contribution in [-0.2, 0) is 5.54 Å². The number of rotatable bonds is 1. The molecule has 1 fully saturated rings. The first kappa shape index (κ1) is 11.6. The number of nitrogens with two attached hydrogens (primary N) is 1. The van der Waals surface area contributed by atoms with Crippen LogP contribution in [0.3, 0.4) is 0 Å². The van der Waals surface area contributed by atoms with Gasteiger partial charge in [0, 0.05) is 11.1 Å². The number of aromatic hydroxyl groups is 2. The summed E-state index contributed by atoms with van der Waals surface area (Å²) in [6.45, 7) is 1.75. The molecule has 0 spiro atoms. The SMILES string of the molecule is Cc1cc(C2(N)CCCC2)c(O)c(Cl)c1O. The van der Waals surface area contributed by atoms with Gasteiger partial charge >= 0.3 is 0 Å². The van der Waals surface area contributed by atoms with Crippen molar-refractivity contribution in [1.82, 2.24) is 0 Å². The molecule has 0 aliphatic heterocycles. The summed E-state index contributed by atoms with van der Waals surface area (Å²) in [7, 11) is 0. The fraction of sp³-hybridized carbons (Fsp3) is 0.500. The van der Waals surface area contributed by atoms with Crippen LogP contribution in [0.15, 0.2) is 6.07 Å². The summed E-state index contributed by atoms with van der Waals surface area (Å²) in [6.07, 6.45) is 3.82. The van der Waals surface area contributed by atoms with Gasteiger partial charge in [0.25, 0.3) is 0 Å². The highest BCUT2D eigenvalue weighted by molar-refractivity contribution is 6.33. The van der Waals surface area contributed by atoms with Crippen LogP contribution < -0.4 is 5.73 Å². The number of hydrogen-bond acceptors (Lipinski definition) is 3. The Labute approximate surface area is 99.8 Å². The maximum Gasteiger partial charge on any atom is 0.143 e. The Balaban J connectivity index is 2.57. The van der Waals surface area contributed by atoms with E-state index in [-0.39, 0.29) is 16.5 Å². The van der Waals surface area contributed by atoms with E-state index < -0.39 is 5.54 Å². The predicted octanol–water partition coefficient (Wildman–Crippen LogP) is 2.79. The van der Waals surface area contributed by atoms with Crippen molar-refractivity contribution in [2.24, 2.45) is 5.73 Å². The maximum absolute atomic E-state index is 9.96. The standard InChI is InChI=1S/C12H16ClNO2/c1-7-6-8(11(16)9(13)10(7)15)12(14)4-2-3-5-12/h6,15-16H,2-5,14H2,1H3. The maximum atomic E-state index is 9.96. The molecule has 4 N–H and O–H groups in total. The second kappa shape index (κ2) is 3.82. The highest BCUT2D eigenvalue weighted by atomic mass is 35.5. The lowest BCUT2D eigenvalue weighted by atomic mass is 9.87. The molecular formula is C12H16ClNO2. The molecule has 1 aliphatic rings. The van der Waals surface area contributed by atoms with Crippen molar-refractivity contribution < 1.29 is 10.2 Å². The molecule has 4 heteroatoms. The second-order valence-electron chi connectivity index (χ2n) is 4.62. The van der Waals surface area contributed by atoms with E-state index in [1.165, 1.54) is 0 Å². The van der Waals surface area contributed by atoms with Crippen molar-refractivity contribution in [3.8, 4) is 11.5 Å². The molecule has 0 amide bonds. The van der Waals surface area contributed by atoms with Gasteiger partial charge in [0.15, 0.2) is 0 Å². The molecule has 1 aromatic rings. The first-order valence-electron chi connectivity index (χ1n) is 5.46. The second-order valence-corrected chi connectivity index (χ2v) is 4.99. The zero-order chi connectivity index (χ0) is 11.9. The molecule has 1 aromatic carbocycles. The smallest absolute Gasteiger partial charge is 0.143 e. The summed E-state index contributed by atoms with van der Waals surface area (Å²) < 4.78 is 0. The number of aryl methyl sites for hydroxylation is 1. The first-order chi connectivity index (χ1) is 7.46. The summed E-state index contributed by atoms with van der Waals surface area (Å²) in [4.78, 5) is 0. The van der Waals surface area contributed by atoms with E-state index in [2.05, 4.69) is 0 Å². The Morgan fingerprint density at radius 1 is 1.25 bits per heavy atom. The number of hydrogen-bond donors (Lipinski definition) is 3. The van der Waals surface area contributed by atoms with Crippen molar-refractivity contribution >= 4 is 11.6 Å². The number of benzene rings is 1. The summed E-state index contributed by atoms with van der Waals surface area (Å²) in [5, 5.41) is 19.6. The lowest BCUT2D eigenvalue weighted by Gasteiger charge is -2.26. The Kier molecular flexibility index (Phi) is 2.76. The third kappa shape index (κ3) is 1.64. The molecular weight excluding hydrogens is 226 g/mol. The first-order valence-corrected chi connectivity index (χ1v) is 5.84. The molecule has 0 unspecified atom stereocenters. The van der Waals surface area contributed by atoms with E-state index in [1.807, 2.05) is 0 Å². The van der Waals surface area contributed by atoms with Crippen molar-refractivity contribution in [2.45, 2.75) is 38.1 Å². The fourth-order valence-electron chi connectivity index (χ4n) is 2.41. The normalized spacial score (nSPS) is 18.9. The van der Waals surface area contributed by atoms with Gasteiger partial charge in [-0.05, 0) is 31.4 Å². The molecule has 0 bridgehead atoms. The van der Waals surface area contributed by atoms with Gasteiger partial charge < -0.3 is 15.9 Å². The third-order valence-electron chi connectivity index (χ3n) is 3.44.